The van der Waals surface area contributed by atoms with Gasteiger partial charge in [0.2, 0.25) is 17.7 Å². The minimum atomic E-state index is -4.51. The van der Waals surface area contributed by atoms with Crippen LogP contribution in [0.3, 0.4) is 0 Å². The first kappa shape index (κ1) is 100. The maximum atomic E-state index is 13.9. The number of benzene rings is 8. The van der Waals surface area contributed by atoms with E-state index in [1.165, 1.54) is 48.5 Å². The number of carbonyl (C=O) groups excluding carboxylic acids is 7. The van der Waals surface area contributed by atoms with E-state index in [-0.39, 0.29) is 34.2 Å². The van der Waals surface area contributed by atoms with E-state index in [0.717, 1.165) is 140 Å². The number of fused-ring (bicyclic) bond motifs is 4. The summed E-state index contributed by atoms with van der Waals surface area (Å²) in [7, 11) is 5.62. The Labute approximate surface area is 822 Å². The number of nitrogens with two attached hydrogens (primary N) is 3. The topological polar surface area (TPSA) is 431 Å². The van der Waals surface area contributed by atoms with Gasteiger partial charge in [0.1, 0.15) is 0 Å². The minimum absolute atomic E-state index is 0.0177. The van der Waals surface area contributed by atoms with Crippen molar-refractivity contribution in [3.63, 3.8) is 0 Å². The minimum Gasteiger partial charge on any atom is -0.369 e. The maximum Gasteiger partial charge on any atom is 0.416 e. The molecule has 1 aliphatic heterocycles. The Morgan fingerprint density at radius 3 is 1.10 bits per heavy atom. The van der Waals surface area contributed by atoms with Crippen molar-refractivity contribution in [2.75, 3.05) is 62.7 Å². The number of nitrogens with one attached hydrogen (secondary N) is 9. The second-order valence-electron chi connectivity index (χ2n) is 35.9. The molecule has 16 aromatic rings. The van der Waals surface area contributed by atoms with Gasteiger partial charge in [-0.05, 0) is 280 Å². The van der Waals surface area contributed by atoms with E-state index in [1.54, 1.807) is 137 Å². The van der Waals surface area contributed by atoms with Crippen molar-refractivity contribution in [2.45, 2.75) is 112 Å². The Hall–Kier alpha value is -17.2. The molecule has 8 aromatic heterocycles. The van der Waals surface area contributed by atoms with Crippen LogP contribution in [0.2, 0.25) is 0 Å². The Kier molecular flexibility index (Phi) is 27.7. The highest BCUT2D eigenvalue weighted by molar-refractivity contribution is 6.05. The number of anilines is 8. The molecule has 11 amide bonds. The molecule has 20 rings (SSSR count). The van der Waals surface area contributed by atoms with E-state index in [0.29, 0.717) is 108 Å². The van der Waals surface area contributed by atoms with Crippen LogP contribution in [0.4, 0.5) is 117 Å². The van der Waals surface area contributed by atoms with Gasteiger partial charge in [0.25, 0.3) is 0 Å². The van der Waals surface area contributed by atoms with Crippen molar-refractivity contribution in [3.8, 4) is 44.5 Å². The molecule has 4 fully saturated rings. The molecule has 3 aliphatic carbocycles. The molecular weight excluding hydrogens is 1910 g/mol. The molecule has 15 N–H and O–H groups in total. The average Bonchev–Trinajstić information content (AvgIpc) is 1.58. The zero-order valence-electron chi connectivity index (χ0n) is 78.1. The van der Waals surface area contributed by atoms with Crippen LogP contribution in [0.5, 0.6) is 0 Å². The van der Waals surface area contributed by atoms with E-state index in [1.807, 2.05) is 57.4 Å². The first-order chi connectivity index (χ1) is 69.5. The molecular formula is C103H92F12N24O7. The third-order valence-electron chi connectivity index (χ3n) is 26.0. The summed E-state index contributed by atoms with van der Waals surface area (Å²) in [6.45, 7) is 4.34. The second-order valence-corrected chi connectivity index (χ2v) is 35.9. The van der Waals surface area contributed by atoms with E-state index in [2.05, 4.69) is 87.9 Å². The summed E-state index contributed by atoms with van der Waals surface area (Å²) in [5.41, 5.74) is 24.8. The van der Waals surface area contributed by atoms with Crippen LogP contribution in [0, 0.1) is 5.92 Å². The summed E-state index contributed by atoms with van der Waals surface area (Å²) >= 11 is 0. The molecule has 0 spiro atoms. The highest BCUT2D eigenvalue weighted by Crippen LogP contribution is 2.52. The molecule has 31 nitrogen and oxygen atoms in total. The van der Waals surface area contributed by atoms with E-state index >= 15 is 0 Å². The van der Waals surface area contributed by atoms with Crippen molar-refractivity contribution in [1.82, 2.24) is 64.4 Å². The Balaban J connectivity index is 0.000000133. The van der Waals surface area contributed by atoms with Gasteiger partial charge in [-0.15, -0.1) is 0 Å². The summed E-state index contributed by atoms with van der Waals surface area (Å²) in [6.07, 6.45) is -3.51. The number of urea groups is 4. The van der Waals surface area contributed by atoms with Crippen LogP contribution in [-0.2, 0) is 82.4 Å². The predicted molar refractivity (Wildman–Crippen MR) is 526 cm³/mol. The molecule has 9 heterocycles. The molecule has 8 aromatic carbocycles. The average molecular weight is 2010 g/mol. The van der Waals surface area contributed by atoms with Crippen LogP contribution in [-0.4, -0.2) is 126 Å². The number of amides is 11. The van der Waals surface area contributed by atoms with E-state index in [4.69, 9.17) is 22.2 Å². The number of rotatable bonds is 21. The lowest BCUT2D eigenvalue weighted by Gasteiger charge is -2.29. The lowest BCUT2D eigenvalue weighted by atomic mass is 9.88. The number of aromatic amines is 1. The number of carbonyl (C=O) groups is 7. The molecule has 0 radical (unpaired) electrons. The van der Waals surface area contributed by atoms with Crippen molar-refractivity contribution in [2.24, 2.45) is 37.2 Å². The molecule has 750 valence electrons. The van der Waals surface area contributed by atoms with Gasteiger partial charge in [0.15, 0.2) is 22.6 Å². The third kappa shape index (κ3) is 22.3. The van der Waals surface area contributed by atoms with Crippen molar-refractivity contribution >= 4 is 131 Å². The normalized spacial score (nSPS) is 14.6. The fourth-order valence-electron chi connectivity index (χ4n) is 17.4. The van der Waals surface area contributed by atoms with Gasteiger partial charge in [0.05, 0.1) is 80.4 Å². The third-order valence-corrected chi connectivity index (χ3v) is 26.0. The largest absolute Gasteiger partial charge is 0.416 e. The SMILES string of the molecule is CCn1ncc2c(-c3ccc(NC(=O)Nc4cccc(C(F)(F)F)c4)cc3)cc(C3(C(N)=O)CC3)nc21.CN1CCC(Cc2ccc(NC(=O)Nc3ccc(-c4ccnc5c4cnn5C)cc3)cc2C(F)(F)F)CC1.Cn1ncc2c(-c3ccc(NC(=O)Nc4cccc(C(F)(F)F)c4)cc3)cc(C3(C(N)=O)CC3)nc21.NC(=O)C1(c2cc(-c3ccc(NC(=O)Nc4cccc(C(F)(F)F)c4)cc3)c3cn[nH]c3n2)CC1. The second kappa shape index (κ2) is 40.3. The predicted octanol–water partition coefficient (Wildman–Crippen LogP) is 21.1. The van der Waals surface area contributed by atoms with Crippen molar-refractivity contribution in [1.29, 1.82) is 0 Å². The quantitative estimate of drug-likeness (QED) is 0.0297. The molecule has 43 heteroatoms. The first-order valence-corrected chi connectivity index (χ1v) is 45.9. The maximum absolute atomic E-state index is 13.9. The first-order valence-electron chi connectivity index (χ1n) is 45.9. The Morgan fingerprint density at radius 1 is 0.377 bits per heavy atom. The van der Waals surface area contributed by atoms with Crippen molar-refractivity contribution < 1.29 is 86.2 Å². The monoisotopic (exact) mass is 2000 g/mol. The van der Waals surface area contributed by atoms with Gasteiger partial charge in [-0.2, -0.15) is 73.1 Å². The van der Waals surface area contributed by atoms with Gasteiger partial charge >= 0.3 is 48.8 Å². The summed E-state index contributed by atoms with van der Waals surface area (Å²) < 4.78 is 163. The van der Waals surface area contributed by atoms with Crippen LogP contribution >= 0.6 is 0 Å². The number of pyridine rings is 4. The number of hydrogen-bond donors (Lipinski definition) is 12. The number of aryl methyl sites for hydroxylation is 3. The van der Waals surface area contributed by atoms with Gasteiger partial charge in [-0.25, -0.2) is 43.8 Å². The highest BCUT2D eigenvalue weighted by Gasteiger charge is 2.54. The number of nitrogens with zero attached hydrogens (tertiary/aromatic N) is 12. The number of hydrogen-bond acceptors (Lipinski definition) is 16. The number of likely N-dealkylation sites (tertiary alicyclic amines) is 1. The smallest absolute Gasteiger partial charge is 0.369 e. The Morgan fingerprint density at radius 2 is 0.719 bits per heavy atom. The zero-order valence-corrected chi connectivity index (χ0v) is 78.1. The lowest BCUT2D eigenvalue weighted by Crippen LogP contribution is -2.31. The number of aromatic nitrogens is 12. The fourth-order valence-corrected chi connectivity index (χ4v) is 17.4. The molecule has 0 bridgehead atoms. The fraction of sp³-hybridized carbons (Fsp3) is 0.233. The zero-order chi connectivity index (χ0) is 104. The Bertz CT molecular complexity index is 7680. The molecule has 0 unspecified atom stereocenters. The molecule has 4 aliphatic rings. The molecule has 0 atom stereocenters. The summed E-state index contributed by atoms with van der Waals surface area (Å²) in [4.78, 5) is 106. The van der Waals surface area contributed by atoms with Gasteiger partial charge in [-0.3, -0.25) is 28.8 Å². The molecule has 3 saturated carbocycles. The van der Waals surface area contributed by atoms with Crippen LogP contribution in [0.25, 0.3) is 88.6 Å². The molecule has 146 heavy (non-hydrogen) atoms. The number of alkyl halides is 12. The number of halogens is 12. The summed E-state index contributed by atoms with van der Waals surface area (Å²) in [6, 6.07) is 49.9. The van der Waals surface area contributed by atoms with E-state index < -0.39 is 105 Å². The molecule has 1 saturated heterocycles. The van der Waals surface area contributed by atoms with Crippen LogP contribution < -0.4 is 59.7 Å². The summed E-state index contributed by atoms with van der Waals surface area (Å²) in [5.74, 6) is -1.01. The number of primary amides is 3. The van der Waals surface area contributed by atoms with Gasteiger partial charge in [0, 0.05) is 93.9 Å². The van der Waals surface area contributed by atoms with Crippen LogP contribution in [0.15, 0.2) is 243 Å². The summed E-state index contributed by atoms with van der Waals surface area (Å²) in [5, 5.41) is 43.4. The van der Waals surface area contributed by atoms with E-state index in [9.17, 15) is 86.2 Å². The lowest BCUT2D eigenvalue weighted by molar-refractivity contribution is -0.139. The van der Waals surface area contributed by atoms with Crippen LogP contribution in [0.1, 0.15) is 103 Å². The van der Waals surface area contributed by atoms with Gasteiger partial charge in [-0.1, -0.05) is 72.8 Å². The number of H-pyrrole nitrogens is 1. The highest BCUT2D eigenvalue weighted by atomic mass is 19.4. The number of piperidine rings is 1. The van der Waals surface area contributed by atoms with Gasteiger partial charge < -0.3 is 64.6 Å². The standard InChI is InChI=1S/C28H29F3N6O.C26H23F3N6O2.C25H21F3N6O2.C24H19F3N6O2/c1-36-13-10-18(11-14-36)15-20-5-8-22(16-25(20)28(29,30)31)35-27(38)34-21-6-3-19(4-7-21)23-9-12-32-26-24(23)17-33-37(26)2;1-2-35-22-20(14-31-35)19(13-21(34-22)25(10-11-25)23(30)36)15-6-8-17(9-7-15)32-24(37)33-18-5-3-4-16(12-18)26(27,28)29;1-34-21-19(13-30-34)18(12-20(33-21)24(9-10-24)22(29)35)14-5-7-16(8-6-14)31-23(36)32-17-4-2-3-15(11-17)25(26,27)28;25-24(26,27)14-2-1-3-16(10-14)31-22(35)30-15-6-4-13(5-7-15)17-11-19(23(8-9-23)21(28)34)32-20-18(17)12-29-33-20/h3-9,12,16-18H,10-11,13-15H2,1-2H3,(H2,34,35,38);3-9,12-14H,2,10-11H2,1H3,(H2,30,36)(H2,32,33,37);2-8,11-13H,9-10H2,1H3,(H2,29,35)(H2,31,32,36);1-7,10-12H,8-9H2,(H2,28,34)(H,29,32,33)(H2,30,31,35). The van der Waals surface area contributed by atoms with Crippen molar-refractivity contribution in [3.05, 3.63) is 288 Å².